The van der Waals surface area contributed by atoms with Gasteiger partial charge in [0.15, 0.2) is 5.11 Å². The lowest BCUT2D eigenvalue weighted by Gasteiger charge is -2.21. The number of rotatable bonds is 4. The van der Waals surface area contributed by atoms with Gasteiger partial charge in [0.1, 0.15) is 11.6 Å². The fourth-order valence-electron chi connectivity index (χ4n) is 1.87. The maximum atomic E-state index is 13.6. The summed E-state index contributed by atoms with van der Waals surface area (Å²) in [5.41, 5.74) is 1.44. The van der Waals surface area contributed by atoms with E-state index < -0.39 is 0 Å². The number of benzene rings is 2. The summed E-state index contributed by atoms with van der Waals surface area (Å²) >= 11 is 5.33. The Hall–Kier alpha value is -2.14. The van der Waals surface area contributed by atoms with Crippen LogP contribution in [0.3, 0.4) is 0 Å². The monoisotopic (exact) mass is 304 g/mol. The van der Waals surface area contributed by atoms with Crippen molar-refractivity contribution in [1.29, 1.82) is 0 Å². The second-order valence-electron chi connectivity index (χ2n) is 4.61. The SMILES string of the molecule is COc1cccc(NC(=S)N(C)Cc2ccccc2F)c1. The van der Waals surface area contributed by atoms with Gasteiger partial charge in [0, 0.05) is 30.9 Å². The smallest absolute Gasteiger partial charge is 0.173 e. The normalized spacial score (nSPS) is 10.0. The van der Waals surface area contributed by atoms with E-state index in [-0.39, 0.29) is 5.82 Å². The fraction of sp³-hybridized carbons (Fsp3) is 0.188. The molecule has 0 aliphatic heterocycles. The van der Waals surface area contributed by atoms with Crippen LogP contribution in [-0.4, -0.2) is 24.2 Å². The van der Waals surface area contributed by atoms with Crippen LogP contribution in [0, 0.1) is 5.82 Å². The van der Waals surface area contributed by atoms with E-state index >= 15 is 0 Å². The van der Waals surface area contributed by atoms with Crippen molar-refractivity contribution in [3.63, 3.8) is 0 Å². The van der Waals surface area contributed by atoms with Crippen LogP contribution in [-0.2, 0) is 6.54 Å². The van der Waals surface area contributed by atoms with Crippen molar-refractivity contribution in [3.05, 3.63) is 59.9 Å². The lowest BCUT2D eigenvalue weighted by Crippen LogP contribution is -2.30. The molecule has 1 N–H and O–H groups in total. The van der Waals surface area contributed by atoms with E-state index in [0.29, 0.717) is 17.2 Å². The molecule has 2 aromatic rings. The van der Waals surface area contributed by atoms with Crippen LogP contribution in [0.15, 0.2) is 48.5 Å². The van der Waals surface area contributed by atoms with Gasteiger partial charge in [-0.15, -0.1) is 0 Å². The minimum Gasteiger partial charge on any atom is -0.497 e. The molecule has 0 heterocycles. The topological polar surface area (TPSA) is 24.5 Å². The lowest BCUT2D eigenvalue weighted by atomic mass is 10.2. The summed E-state index contributed by atoms with van der Waals surface area (Å²) in [7, 11) is 3.43. The summed E-state index contributed by atoms with van der Waals surface area (Å²) in [5, 5.41) is 3.63. The van der Waals surface area contributed by atoms with Crippen LogP contribution in [0.5, 0.6) is 5.75 Å². The zero-order valence-electron chi connectivity index (χ0n) is 12.0. The molecule has 0 aliphatic rings. The summed E-state index contributed by atoms with van der Waals surface area (Å²) in [4.78, 5) is 1.78. The van der Waals surface area contributed by atoms with Crippen molar-refractivity contribution in [2.75, 3.05) is 19.5 Å². The Labute approximate surface area is 129 Å². The van der Waals surface area contributed by atoms with Crippen LogP contribution >= 0.6 is 12.2 Å². The number of hydrogen-bond donors (Lipinski definition) is 1. The highest BCUT2D eigenvalue weighted by atomic mass is 32.1. The van der Waals surface area contributed by atoms with Gasteiger partial charge in [0.05, 0.1) is 7.11 Å². The summed E-state index contributed by atoms with van der Waals surface area (Å²) in [6.07, 6.45) is 0. The Balaban J connectivity index is 2.01. The Morgan fingerprint density at radius 3 is 2.71 bits per heavy atom. The van der Waals surface area contributed by atoms with Crippen LogP contribution in [0.1, 0.15) is 5.56 Å². The van der Waals surface area contributed by atoms with Gasteiger partial charge in [-0.1, -0.05) is 24.3 Å². The van der Waals surface area contributed by atoms with Crippen LogP contribution < -0.4 is 10.1 Å². The number of methoxy groups -OCH3 is 1. The molecule has 0 aromatic heterocycles. The van der Waals surface area contributed by atoms with Crippen LogP contribution in [0.4, 0.5) is 10.1 Å². The highest BCUT2D eigenvalue weighted by Gasteiger charge is 2.08. The molecule has 110 valence electrons. The number of halogens is 1. The van der Waals surface area contributed by atoms with Gasteiger partial charge in [-0.05, 0) is 30.4 Å². The zero-order chi connectivity index (χ0) is 15.2. The molecule has 0 radical (unpaired) electrons. The van der Waals surface area contributed by atoms with Gasteiger partial charge in [0.2, 0.25) is 0 Å². The van der Waals surface area contributed by atoms with Gasteiger partial charge in [-0.3, -0.25) is 0 Å². The second kappa shape index (κ2) is 7.04. The molecule has 0 unspecified atom stereocenters. The number of hydrogen-bond acceptors (Lipinski definition) is 2. The third-order valence-corrected chi connectivity index (χ3v) is 3.45. The number of anilines is 1. The molecule has 2 rings (SSSR count). The molecule has 0 fully saturated rings. The van der Waals surface area contributed by atoms with Crippen LogP contribution in [0.2, 0.25) is 0 Å². The minimum atomic E-state index is -0.228. The van der Waals surface area contributed by atoms with Gasteiger partial charge in [0.25, 0.3) is 0 Å². The predicted molar refractivity (Wildman–Crippen MR) is 87.1 cm³/mol. The standard InChI is InChI=1S/C16H17FN2OS/c1-19(11-12-6-3-4-9-15(12)17)16(21)18-13-7-5-8-14(10-13)20-2/h3-10H,11H2,1-2H3,(H,18,21). The zero-order valence-corrected chi connectivity index (χ0v) is 12.8. The van der Waals surface area contributed by atoms with Gasteiger partial charge in [-0.2, -0.15) is 0 Å². The average molecular weight is 304 g/mol. The van der Waals surface area contributed by atoms with E-state index in [1.54, 1.807) is 24.1 Å². The molecule has 21 heavy (non-hydrogen) atoms. The molecule has 0 saturated carbocycles. The number of ether oxygens (including phenoxy) is 1. The maximum Gasteiger partial charge on any atom is 0.173 e. The van der Waals surface area contributed by atoms with Crippen molar-refractivity contribution in [3.8, 4) is 5.75 Å². The number of nitrogens with zero attached hydrogens (tertiary/aromatic N) is 1. The van der Waals surface area contributed by atoms with Crippen molar-refractivity contribution < 1.29 is 9.13 Å². The molecule has 0 bridgehead atoms. The molecule has 0 spiro atoms. The first kappa shape index (κ1) is 15.3. The van der Waals surface area contributed by atoms with Crippen molar-refractivity contribution in [2.24, 2.45) is 0 Å². The van der Waals surface area contributed by atoms with E-state index in [1.807, 2.05) is 37.4 Å². The Bertz CT molecular complexity index is 633. The molecule has 0 atom stereocenters. The molecule has 2 aromatic carbocycles. The number of thiocarbonyl (C=S) groups is 1. The lowest BCUT2D eigenvalue weighted by molar-refractivity contribution is 0.415. The summed E-state index contributed by atoms with van der Waals surface area (Å²) in [6, 6.07) is 14.2. The van der Waals surface area contributed by atoms with E-state index in [4.69, 9.17) is 17.0 Å². The third kappa shape index (κ3) is 4.16. The van der Waals surface area contributed by atoms with E-state index in [0.717, 1.165) is 11.4 Å². The highest BCUT2D eigenvalue weighted by Crippen LogP contribution is 2.17. The third-order valence-electron chi connectivity index (χ3n) is 3.03. The van der Waals surface area contributed by atoms with E-state index in [9.17, 15) is 4.39 Å². The minimum absolute atomic E-state index is 0.228. The molecule has 0 saturated heterocycles. The average Bonchev–Trinajstić information content (AvgIpc) is 2.49. The highest BCUT2D eigenvalue weighted by molar-refractivity contribution is 7.80. The van der Waals surface area contributed by atoms with E-state index in [2.05, 4.69) is 5.32 Å². The molecule has 0 amide bonds. The summed E-state index contributed by atoms with van der Waals surface area (Å²) in [5.74, 6) is 0.521. The number of nitrogens with one attached hydrogen (secondary N) is 1. The summed E-state index contributed by atoms with van der Waals surface area (Å²) < 4.78 is 18.8. The van der Waals surface area contributed by atoms with Crippen molar-refractivity contribution >= 4 is 23.0 Å². The first-order valence-electron chi connectivity index (χ1n) is 6.49. The maximum absolute atomic E-state index is 13.6. The van der Waals surface area contributed by atoms with Crippen molar-refractivity contribution in [2.45, 2.75) is 6.54 Å². The van der Waals surface area contributed by atoms with Crippen molar-refractivity contribution in [1.82, 2.24) is 4.90 Å². The molecular formula is C16H17FN2OS. The quantitative estimate of drug-likeness (QED) is 0.871. The predicted octanol–water partition coefficient (Wildman–Crippen LogP) is 3.66. The second-order valence-corrected chi connectivity index (χ2v) is 5.00. The largest absolute Gasteiger partial charge is 0.497 e. The molecule has 3 nitrogen and oxygen atoms in total. The molecule has 5 heteroatoms. The van der Waals surface area contributed by atoms with Gasteiger partial charge >= 0.3 is 0 Å². The Morgan fingerprint density at radius 2 is 2.00 bits per heavy atom. The fourth-order valence-corrected chi connectivity index (χ4v) is 2.06. The molecular weight excluding hydrogens is 287 g/mol. The first-order valence-corrected chi connectivity index (χ1v) is 6.90. The summed E-state index contributed by atoms with van der Waals surface area (Å²) in [6.45, 7) is 0.405. The Kier molecular flexibility index (Phi) is 5.11. The molecule has 0 aliphatic carbocycles. The van der Waals surface area contributed by atoms with Gasteiger partial charge in [-0.25, -0.2) is 4.39 Å². The van der Waals surface area contributed by atoms with E-state index in [1.165, 1.54) is 6.07 Å². The van der Waals surface area contributed by atoms with Gasteiger partial charge < -0.3 is 15.0 Å². The first-order chi connectivity index (χ1) is 10.1. The Morgan fingerprint density at radius 1 is 1.24 bits per heavy atom. The van der Waals surface area contributed by atoms with Crippen LogP contribution in [0.25, 0.3) is 0 Å².